The van der Waals surface area contributed by atoms with Crippen LogP contribution < -0.4 is 20.5 Å². The van der Waals surface area contributed by atoms with Crippen LogP contribution in [-0.4, -0.2) is 17.8 Å². The minimum atomic E-state index is -0.318. The molecule has 22 heavy (non-hydrogen) atoms. The van der Waals surface area contributed by atoms with Crippen LogP contribution in [0.4, 0.5) is 11.4 Å². The number of anilines is 2. The van der Waals surface area contributed by atoms with Gasteiger partial charge in [0.1, 0.15) is 5.75 Å². The molecule has 0 aliphatic carbocycles. The van der Waals surface area contributed by atoms with Crippen molar-refractivity contribution in [2.45, 2.75) is 0 Å². The Balaban J connectivity index is 1.70. The second kappa shape index (κ2) is 5.69. The molecule has 0 spiro atoms. The number of benzene rings is 2. The third-order valence-corrected chi connectivity index (χ3v) is 3.12. The van der Waals surface area contributed by atoms with Crippen molar-refractivity contribution in [2.75, 3.05) is 17.8 Å². The molecule has 3 rings (SSSR count). The third-order valence-electron chi connectivity index (χ3n) is 3.12. The molecule has 4 N–H and O–H groups in total. The Bertz CT molecular complexity index is 756. The maximum atomic E-state index is 11.9. The van der Waals surface area contributed by atoms with Crippen molar-refractivity contribution in [1.82, 2.24) is 0 Å². The molecule has 1 aliphatic heterocycles. The Kier molecular flexibility index (Phi) is 3.57. The second-order valence-corrected chi connectivity index (χ2v) is 4.70. The number of rotatable bonds is 3. The number of ether oxygens (including phenoxy) is 2. The largest absolute Gasteiger partial charge is 0.508 e. The van der Waals surface area contributed by atoms with Crippen molar-refractivity contribution < 1.29 is 19.4 Å². The summed E-state index contributed by atoms with van der Waals surface area (Å²) in [5.74, 6) is 1.02. The number of hydrogen-bond acceptors (Lipinski definition) is 5. The average molecular weight is 298 g/mol. The number of phenols is 1. The summed E-state index contributed by atoms with van der Waals surface area (Å²) >= 11 is 0. The Hall–Kier alpha value is -3.15. The first-order chi connectivity index (χ1) is 10.6. The summed E-state index contributed by atoms with van der Waals surface area (Å²) in [6, 6.07) is 9.69. The Morgan fingerprint density at radius 3 is 2.86 bits per heavy atom. The molecular weight excluding hydrogens is 284 g/mol. The van der Waals surface area contributed by atoms with Crippen LogP contribution in [0.2, 0.25) is 0 Å². The van der Waals surface area contributed by atoms with Gasteiger partial charge in [-0.15, -0.1) is 0 Å². The molecule has 0 atom stereocenters. The van der Waals surface area contributed by atoms with E-state index in [2.05, 4.69) is 5.32 Å². The zero-order valence-electron chi connectivity index (χ0n) is 11.6. The van der Waals surface area contributed by atoms with Crippen LogP contribution in [0.5, 0.6) is 17.2 Å². The molecule has 0 unspecified atom stereocenters. The first-order valence-corrected chi connectivity index (χ1v) is 6.59. The fourth-order valence-corrected chi connectivity index (χ4v) is 2.03. The summed E-state index contributed by atoms with van der Waals surface area (Å²) in [7, 11) is 0. The van der Waals surface area contributed by atoms with Crippen LogP contribution >= 0.6 is 0 Å². The van der Waals surface area contributed by atoms with E-state index in [9.17, 15) is 9.90 Å². The van der Waals surface area contributed by atoms with Gasteiger partial charge in [-0.1, -0.05) is 0 Å². The highest BCUT2D eigenvalue weighted by molar-refractivity contribution is 6.02. The minimum absolute atomic E-state index is 0.0880. The number of carbonyl (C=O) groups is 1. The van der Waals surface area contributed by atoms with Crippen LogP contribution in [0, 0.1) is 0 Å². The molecule has 0 radical (unpaired) electrons. The van der Waals surface area contributed by atoms with Gasteiger partial charge in [-0.25, -0.2) is 0 Å². The molecule has 0 aromatic heterocycles. The lowest BCUT2D eigenvalue weighted by atomic mass is 10.1. The number of hydrogen-bond donors (Lipinski definition) is 3. The Morgan fingerprint density at radius 1 is 1.18 bits per heavy atom. The lowest BCUT2D eigenvalue weighted by Gasteiger charge is -2.04. The summed E-state index contributed by atoms with van der Waals surface area (Å²) < 4.78 is 10.4. The SMILES string of the molecule is Nc1ccc(O)cc1/C=C/C(=O)Nc1ccc2c(c1)OCO2. The van der Waals surface area contributed by atoms with Crippen LogP contribution in [0.1, 0.15) is 5.56 Å². The van der Waals surface area contributed by atoms with Gasteiger partial charge >= 0.3 is 0 Å². The Labute approximate surface area is 126 Å². The van der Waals surface area contributed by atoms with Crippen LogP contribution in [0.15, 0.2) is 42.5 Å². The van der Waals surface area contributed by atoms with Gasteiger partial charge in [0.05, 0.1) is 0 Å². The van der Waals surface area contributed by atoms with E-state index in [1.54, 1.807) is 24.3 Å². The number of fused-ring (bicyclic) bond motifs is 1. The van der Waals surface area contributed by atoms with Gasteiger partial charge in [-0.05, 0) is 36.4 Å². The molecule has 1 heterocycles. The summed E-state index contributed by atoms with van der Waals surface area (Å²) in [4.78, 5) is 11.9. The number of amides is 1. The van der Waals surface area contributed by atoms with Gasteiger partial charge in [0, 0.05) is 29.1 Å². The number of nitrogens with two attached hydrogens (primary N) is 1. The number of nitrogen functional groups attached to an aromatic ring is 1. The summed E-state index contributed by atoms with van der Waals surface area (Å²) in [6.07, 6.45) is 2.88. The number of nitrogens with one attached hydrogen (secondary N) is 1. The maximum Gasteiger partial charge on any atom is 0.248 e. The zero-order valence-corrected chi connectivity index (χ0v) is 11.6. The smallest absolute Gasteiger partial charge is 0.248 e. The van der Waals surface area contributed by atoms with Crippen molar-refractivity contribution in [3.8, 4) is 17.2 Å². The van der Waals surface area contributed by atoms with Crippen molar-refractivity contribution in [1.29, 1.82) is 0 Å². The van der Waals surface area contributed by atoms with E-state index >= 15 is 0 Å². The quantitative estimate of drug-likeness (QED) is 0.459. The van der Waals surface area contributed by atoms with Gasteiger partial charge in [0.2, 0.25) is 12.7 Å². The van der Waals surface area contributed by atoms with Crippen LogP contribution in [0.3, 0.4) is 0 Å². The molecule has 0 saturated heterocycles. The highest BCUT2D eigenvalue weighted by Gasteiger charge is 2.13. The van der Waals surface area contributed by atoms with Crippen molar-refractivity contribution in [3.63, 3.8) is 0 Å². The van der Waals surface area contributed by atoms with E-state index in [1.165, 1.54) is 24.3 Å². The van der Waals surface area contributed by atoms with E-state index < -0.39 is 0 Å². The third kappa shape index (κ3) is 2.95. The predicted octanol–water partition coefficient (Wildman–Crippen LogP) is 2.36. The van der Waals surface area contributed by atoms with E-state index in [-0.39, 0.29) is 18.4 Å². The molecule has 6 nitrogen and oxygen atoms in total. The van der Waals surface area contributed by atoms with Gasteiger partial charge < -0.3 is 25.6 Å². The van der Waals surface area contributed by atoms with Crippen molar-refractivity contribution in [3.05, 3.63) is 48.0 Å². The molecule has 0 bridgehead atoms. The van der Waals surface area contributed by atoms with E-state index in [0.29, 0.717) is 28.4 Å². The summed E-state index contributed by atoms with van der Waals surface area (Å²) in [5.41, 5.74) is 7.41. The van der Waals surface area contributed by atoms with Gasteiger partial charge in [0.25, 0.3) is 0 Å². The molecule has 0 saturated carbocycles. The van der Waals surface area contributed by atoms with Crippen molar-refractivity contribution >= 4 is 23.4 Å². The predicted molar refractivity (Wildman–Crippen MR) is 82.7 cm³/mol. The van der Waals surface area contributed by atoms with E-state index in [4.69, 9.17) is 15.2 Å². The molecular formula is C16H14N2O4. The molecule has 1 aliphatic rings. The fourth-order valence-electron chi connectivity index (χ4n) is 2.03. The minimum Gasteiger partial charge on any atom is -0.508 e. The Morgan fingerprint density at radius 2 is 2.00 bits per heavy atom. The average Bonchev–Trinajstić information content (AvgIpc) is 2.96. The first-order valence-electron chi connectivity index (χ1n) is 6.59. The highest BCUT2D eigenvalue weighted by Crippen LogP contribution is 2.34. The number of carbonyl (C=O) groups excluding carboxylic acids is 1. The second-order valence-electron chi connectivity index (χ2n) is 4.70. The van der Waals surface area contributed by atoms with Gasteiger partial charge in [-0.2, -0.15) is 0 Å². The molecule has 112 valence electrons. The maximum absolute atomic E-state index is 11.9. The molecule has 2 aromatic carbocycles. The molecule has 0 fully saturated rings. The summed E-state index contributed by atoms with van der Waals surface area (Å²) in [6.45, 7) is 0.184. The monoisotopic (exact) mass is 298 g/mol. The molecule has 6 heteroatoms. The highest BCUT2D eigenvalue weighted by atomic mass is 16.7. The molecule has 1 amide bonds. The molecule has 2 aromatic rings. The van der Waals surface area contributed by atoms with Crippen LogP contribution in [-0.2, 0) is 4.79 Å². The van der Waals surface area contributed by atoms with E-state index in [1.807, 2.05) is 0 Å². The topological polar surface area (TPSA) is 93.8 Å². The summed E-state index contributed by atoms with van der Waals surface area (Å²) in [5, 5.41) is 12.1. The van der Waals surface area contributed by atoms with Gasteiger partial charge in [-0.3, -0.25) is 4.79 Å². The zero-order chi connectivity index (χ0) is 15.5. The van der Waals surface area contributed by atoms with E-state index in [0.717, 1.165) is 0 Å². The first kappa shape index (κ1) is 13.8. The lowest BCUT2D eigenvalue weighted by molar-refractivity contribution is -0.111. The van der Waals surface area contributed by atoms with Crippen LogP contribution in [0.25, 0.3) is 6.08 Å². The number of aromatic hydroxyl groups is 1. The fraction of sp³-hybridized carbons (Fsp3) is 0.0625. The number of phenolic OH excluding ortho intramolecular Hbond substituents is 1. The lowest BCUT2D eigenvalue weighted by Crippen LogP contribution is -2.07. The standard InChI is InChI=1S/C16H14N2O4/c17-13-4-3-12(19)7-10(13)1-6-16(20)18-11-2-5-14-15(8-11)22-9-21-14/h1-8,19H,9,17H2,(H,18,20)/b6-1+. The van der Waals surface area contributed by atoms with Gasteiger partial charge in [0.15, 0.2) is 11.5 Å². The normalized spacial score (nSPS) is 12.5. The van der Waals surface area contributed by atoms with Crippen molar-refractivity contribution in [2.24, 2.45) is 0 Å².